The van der Waals surface area contributed by atoms with Gasteiger partial charge in [0, 0.05) is 36.8 Å². The fourth-order valence-corrected chi connectivity index (χ4v) is 5.75. The van der Waals surface area contributed by atoms with Crippen LogP contribution >= 0.6 is 24.8 Å². The molecular weight excluding hydrogens is 443 g/mol. The molecular formula is C25H32Cl2N4O. The molecule has 0 N–H and O–H groups in total. The third-order valence-electron chi connectivity index (χ3n) is 7.19. The Hall–Kier alpha value is -1.95. The quantitative estimate of drug-likeness (QED) is 0.642. The Kier molecular flexibility index (Phi) is 7.18. The predicted molar refractivity (Wildman–Crippen MR) is 135 cm³/mol. The predicted octanol–water partition coefficient (Wildman–Crippen LogP) is 4.40. The molecule has 0 amide bonds. The number of ether oxygens (including phenoxy) is 1. The van der Waals surface area contributed by atoms with E-state index in [4.69, 9.17) is 9.73 Å². The summed E-state index contributed by atoms with van der Waals surface area (Å²) in [5, 5.41) is 0. The largest absolute Gasteiger partial charge is 0.492 e. The highest BCUT2D eigenvalue weighted by molar-refractivity contribution is 6.06. The van der Waals surface area contributed by atoms with E-state index in [1.54, 1.807) is 0 Å². The molecule has 0 radical (unpaired) electrons. The molecule has 4 heterocycles. The average molecular weight is 475 g/mol. The van der Waals surface area contributed by atoms with Gasteiger partial charge in [-0.05, 0) is 62.2 Å². The van der Waals surface area contributed by atoms with E-state index in [1.807, 2.05) is 0 Å². The average Bonchev–Trinajstić information content (AvgIpc) is 3.54. The molecule has 6 rings (SSSR count). The van der Waals surface area contributed by atoms with Crippen LogP contribution in [0.25, 0.3) is 0 Å². The van der Waals surface area contributed by atoms with Crippen molar-refractivity contribution in [2.75, 3.05) is 50.8 Å². The summed E-state index contributed by atoms with van der Waals surface area (Å²) in [5.74, 6) is 2.69. The number of aliphatic imine (C=N–C) groups is 1. The standard InChI is InChI=1S/C25H30N4O.2ClH/c1-2-6-23-22(5-1)24-26-12-16-29(24)25-21(11-15-28(23)25)19-7-9-20(10-8-19)30-18-17-27-13-3-4-14-27;;/h1-2,5-10,21,25H,3-4,11-18H2;2*1H. The number of benzene rings is 2. The number of para-hydroxylation sites is 1. The van der Waals surface area contributed by atoms with Crippen LogP contribution in [0.4, 0.5) is 5.69 Å². The number of anilines is 1. The normalized spacial score (nSPS) is 23.6. The minimum absolute atomic E-state index is 0. The summed E-state index contributed by atoms with van der Waals surface area (Å²) in [6.45, 7) is 7.31. The van der Waals surface area contributed by atoms with Crippen LogP contribution in [0.3, 0.4) is 0 Å². The van der Waals surface area contributed by atoms with Gasteiger partial charge in [-0.25, -0.2) is 0 Å². The van der Waals surface area contributed by atoms with Gasteiger partial charge in [-0.3, -0.25) is 9.89 Å². The van der Waals surface area contributed by atoms with Crippen molar-refractivity contribution >= 4 is 36.3 Å². The third-order valence-corrected chi connectivity index (χ3v) is 7.19. The number of halogens is 2. The van der Waals surface area contributed by atoms with Crippen LogP contribution in [0.5, 0.6) is 5.75 Å². The third kappa shape index (κ3) is 4.07. The number of likely N-dealkylation sites (tertiary alicyclic amines) is 1. The van der Waals surface area contributed by atoms with Gasteiger partial charge in [0.05, 0.1) is 6.54 Å². The lowest BCUT2D eigenvalue weighted by Gasteiger charge is -2.43. The van der Waals surface area contributed by atoms with Crippen LogP contribution in [-0.2, 0) is 0 Å². The van der Waals surface area contributed by atoms with Crippen LogP contribution < -0.4 is 9.64 Å². The van der Waals surface area contributed by atoms with Gasteiger partial charge in [-0.15, -0.1) is 24.8 Å². The molecule has 32 heavy (non-hydrogen) atoms. The first kappa shape index (κ1) is 23.2. The molecule has 4 aliphatic heterocycles. The molecule has 2 fully saturated rings. The number of nitrogens with zero attached hydrogens (tertiary/aromatic N) is 4. The lowest BCUT2D eigenvalue weighted by atomic mass is 9.93. The minimum atomic E-state index is 0. The Morgan fingerprint density at radius 2 is 1.66 bits per heavy atom. The molecule has 2 aromatic carbocycles. The van der Waals surface area contributed by atoms with E-state index in [0.29, 0.717) is 12.1 Å². The smallest absolute Gasteiger partial charge is 0.134 e. The first-order valence-electron chi connectivity index (χ1n) is 11.5. The second-order valence-corrected chi connectivity index (χ2v) is 8.88. The fourth-order valence-electron chi connectivity index (χ4n) is 5.75. The molecule has 2 saturated heterocycles. The molecule has 0 bridgehead atoms. The van der Waals surface area contributed by atoms with Gasteiger partial charge in [0.1, 0.15) is 24.4 Å². The van der Waals surface area contributed by atoms with E-state index < -0.39 is 0 Å². The topological polar surface area (TPSA) is 31.3 Å². The van der Waals surface area contributed by atoms with Gasteiger partial charge in [0.25, 0.3) is 0 Å². The van der Waals surface area contributed by atoms with Crippen LogP contribution in [0.15, 0.2) is 53.5 Å². The maximum atomic E-state index is 6.03. The Morgan fingerprint density at radius 3 is 2.47 bits per heavy atom. The first-order valence-corrected chi connectivity index (χ1v) is 11.5. The second-order valence-electron chi connectivity index (χ2n) is 8.88. The Morgan fingerprint density at radius 1 is 0.875 bits per heavy atom. The SMILES string of the molecule is Cl.Cl.c1ccc2c(c1)C1=NCCN1C1C(c3ccc(OCCN4CCCC4)cc3)CCN21. The van der Waals surface area contributed by atoms with Gasteiger partial charge in [-0.2, -0.15) is 0 Å². The Balaban J connectivity index is 0.00000122. The van der Waals surface area contributed by atoms with Crippen molar-refractivity contribution in [2.24, 2.45) is 4.99 Å². The van der Waals surface area contributed by atoms with Gasteiger partial charge >= 0.3 is 0 Å². The van der Waals surface area contributed by atoms with Gasteiger partial charge in [0.15, 0.2) is 0 Å². The van der Waals surface area contributed by atoms with Crippen molar-refractivity contribution in [3.63, 3.8) is 0 Å². The summed E-state index contributed by atoms with van der Waals surface area (Å²) in [5.41, 5.74) is 4.07. The van der Waals surface area contributed by atoms with Gasteiger partial charge in [0.2, 0.25) is 0 Å². The van der Waals surface area contributed by atoms with Crippen molar-refractivity contribution in [3.05, 3.63) is 59.7 Å². The summed E-state index contributed by atoms with van der Waals surface area (Å²) in [6.07, 6.45) is 4.23. The zero-order valence-electron chi connectivity index (χ0n) is 18.4. The summed E-state index contributed by atoms with van der Waals surface area (Å²) in [7, 11) is 0. The van der Waals surface area contributed by atoms with Crippen molar-refractivity contribution in [2.45, 2.75) is 31.3 Å². The van der Waals surface area contributed by atoms with Crippen molar-refractivity contribution in [1.82, 2.24) is 9.80 Å². The van der Waals surface area contributed by atoms with Crippen LogP contribution in [0, 0.1) is 0 Å². The number of hydrogen-bond acceptors (Lipinski definition) is 5. The zero-order chi connectivity index (χ0) is 19.9. The van der Waals surface area contributed by atoms with Crippen LogP contribution in [0.2, 0.25) is 0 Å². The molecule has 7 heteroatoms. The van der Waals surface area contributed by atoms with E-state index in [-0.39, 0.29) is 24.8 Å². The highest BCUT2D eigenvalue weighted by Gasteiger charge is 2.46. The van der Waals surface area contributed by atoms with E-state index >= 15 is 0 Å². The van der Waals surface area contributed by atoms with E-state index in [1.165, 1.54) is 55.0 Å². The summed E-state index contributed by atoms with van der Waals surface area (Å²) >= 11 is 0. The molecule has 0 spiro atoms. The molecule has 2 aromatic rings. The highest BCUT2D eigenvalue weighted by atomic mass is 35.5. The maximum absolute atomic E-state index is 6.03. The van der Waals surface area contributed by atoms with Crippen LogP contribution in [0.1, 0.15) is 36.3 Å². The molecule has 2 unspecified atom stereocenters. The molecule has 5 nitrogen and oxygen atoms in total. The summed E-state index contributed by atoms with van der Waals surface area (Å²) in [6, 6.07) is 17.7. The van der Waals surface area contributed by atoms with Crippen molar-refractivity contribution < 1.29 is 4.74 Å². The molecule has 4 aliphatic rings. The number of hydrogen-bond donors (Lipinski definition) is 0. The maximum Gasteiger partial charge on any atom is 0.134 e. The van der Waals surface area contributed by atoms with E-state index in [0.717, 1.165) is 38.5 Å². The molecule has 2 atom stereocenters. The Labute approximate surface area is 203 Å². The molecule has 172 valence electrons. The second kappa shape index (κ2) is 9.90. The number of fused-ring (bicyclic) bond motifs is 6. The number of rotatable bonds is 5. The molecule has 0 aliphatic carbocycles. The first-order chi connectivity index (χ1) is 14.9. The number of amidine groups is 1. The molecule has 0 aromatic heterocycles. The lowest BCUT2D eigenvalue weighted by molar-refractivity contribution is 0.237. The van der Waals surface area contributed by atoms with Crippen molar-refractivity contribution in [3.8, 4) is 5.75 Å². The van der Waals surface area contributed by atoms with Gasteiger partial charge < -0.3 is 14.5 Å². The Bertz CT molecular complexity index is 945. The van der Waals surface area contributed by atoms with Crippen LogP contribution in [-0.4, -0.2) is 67.7 Å². The summed E-state index contributed by atoms with van der Waals surface area (Å²) in [4.78, 5) is 12.5. The van der Waals surface area contributed by atoms with Gasteiger partial charge in [-0.1, -0.05) is 24.3 Å². The molecule has 0 saturated carbocycles. The van der Waals surface area contributed by atoms with Crippen molar-refractivity contribution in [1.29, 1.82) is 0 Å². The zero-order valence-corrected chi connectivity index (χ0v) is 20.0. The monoisotopic (exact) mass is 474 g/mol. The highest BCUT2D eigenvalue weighted by Crippen LogP contribution is 2.44. The fraction of sp³-hybridized carbons (Fsp3) is 0.480. The summed E-state index contributed by atoms with van der Waals surface area (Å²) < 4.78 is 6.03. The minimum Gasteiger partial charge on any atom is -0.492 e. The lowest BCUT2D eigenvalue weighted by Crippen LogP contribution is -2.53. The van der Waals surface area contributed by atoms with E-state index in [2.05, 4.69) is 63.2 Å². The van der Waals surface area contributed by atoms with E-state index in [9.17, 15) is 0 Å².